The van der Waals surface area contributed by atoms with Crippen molar-refractivity contribution in [3.63, 3.8) is 0 Å². The topological polar surface area (TPSA) is 69.4 Å². The van der Waals surface area contributed by atoms with Crippen molar-refractivity contribution < 1.29 is 14.5 Å². The fraction of sp³-hybridized carbons (Fsp3) is 0.421. The van der Waals surface area contributed by atoms with Crippen molar-refractivity contribution in [2.24, 2.45) is 5.92 Å². The van der Waals surface area contributed by atoms with Gasteiger partial charge < -0.3 is 0 Å². The fourth-order valence-electron chi connectivity index (χ4n) is 2.75. The first-order chi connectivity index (χ1) is 12.1. The predicted molar refractivity (Wildman–Crippen MR) is 99.1 cm³/mol. The van der Waals surface area contributed by atoms with E-state index in [2.05, 4.69) is 29.0 Å². The number of hydrogen-bond donors (Lipinski definition) is 0. The van der Waals surface area contributed by atoms with E-state index in [4.69, 9.17) is 0 Å². The molecule has 0 aliphatic heterocycles. The van der Waals surface area contributed by atoms with Gasteiger partial charge in [0.1, 0.15) is 0 Å². The Morgan fingerprint density at radius 3 is 2.96 bits per heavy atom. The van der Waals surface area contributed by atoms with Crippen molar-refractivity contribution in [1.29, 1.82) is 0 Å². The second kappa shape index (κ2) is 10.2. The SMILES string of the molecule is COC(=O)CCC/C=C\C[C@@H]1CC=C[C@H]1[Se]c1ccccc1[N+](=O)[O-]. The van der Waals surface area contributed by atoms with Gasteiger partial charge in [0.2, 0.25) is 0 Å². The number of nitrogens with zero attached hydrogens (tertiary/aromatic N) is 1. The minimum absolute atomic E-state index is 0.0556. The van der Waals surface area contributed by atoms with Gasteiger partial charge in [-0.3, -0.25) is 0 Å². The molecule has 0 aromatic heterocycles. The zero-order valence-corrected chi connectivity index (χ0v) is 16.0. The predicted octanol–water partition coefficient (Wildman–Crippen LogP) is 3.58. The van der Waals surface area contributed by atoms with E-state index in [-0.39, 0.29) is 31.5 Å². The fourth-order valence-corrected chi connectivity index (χ4v) is 5.52. The van der Waals surface area contributed by atoms with Crippen LogP contribution >= 0.6 is 0 Å². The van der Waals surface area contributed by atoms with Crippen molar-refractivity contribution in [3.8, 4) is 0 Å². The van der Waals surface area contributed by atoms with E-state index in [0.717, 1.165) is 30.1 Å². The third kappa shape index (κ3) is 6.14. The molecule has 0 saturated carbocycles. The zero-order valence-electron chi connectivity index (χ0n) is 14.3. The van der Waals surface area contributed by atoms with E-state index in [1.165, 1.54) is 7.11 Å². The van der Waals surface area contributed by atoms with E-state index in [1.807, 2.05) is 12.1 Å². The summed E-state index contributed by atoms with van der Waals surface area (Å²) in [6, 6.07) is 7.06. The summed E-state index contributed by atoms with van der Waals surface area (Å²) < 4.78 is 5.48. The summed E-state index contributed by atoms with van der Waals surface area (Å²) in [6.45, 7) is 0. The number of methoxy groups -OCH3 is 1. The van der Waals surface area contributed by atoms with Gasteiger partial charge in [-0.1, -0.05) is 0 Å². The van der Waals surface area contributed by atoms with E-state index >= 15 is 0 Å². The average molecular weight is 408 g/mol. The first kappa shape index (κ1) is 19.4. The molecular formula is C19H23NO4Se. The van der Waals surface area contributed by atoms with Crippen LogP contribution in [-0.4, -0.2) is 33.0 Å². The van der Waals surface area contributed by atoms with Gasteiger partial charge in [-0.05, 0) is 0 Å². The van der Waals surface area contributed by atoms with E-state index < -0.39 is 0 Å². The summed E-state index contributed by atoms with van der Waals surface area (Å²) >= 11 is 0.0556. The van der Waals surface area contributed by atoms with Crippen LogP contribution in [0.15, 0.2) is 48.6 Å². The van der Waals surface area contributed by atoms with Crippen molar-refractivity contribution >= 4 is 31.1 Å². The van der Waals surface area contributed by atoms with Gasteiger partial charge in [0.25, 0.3) is 0 Å². The Morgan fingerprint density at radius 1 is 1.40 bits per heavy atom. The van der Waals surface area contributed by atoms with Crippen LogP contribution in [0, 0.1) is 16.0 Å². The molecular weight excluding hydrogens is 385 g/mol. The second-order valence-corrected chi connectivity index (χ2v) is 8.47. The number of benzene rings is 1. The maximum atomic E-state index is 11.2. The maximum absolute atomic E-state index is 11.2. The Bertz CT molecular complexity index is 657. The first-order valence-electron chi connectivity index (χ1n) is 8.40. The first-order valence-corrected chi connectivity index (χ1v) is 10.2. The summed E-state index contributed by atoms with van der Waals surface area (Å²) in [7, 11) is 1.41. The number of allylic oxidation sites excluding steroid dienone is 4. The zero-order chi connectivity index (χ0) is 18.1. The van der Waals surface area contributed by atoms with Gasteiger partial charge in [-0.25, -0.2) is 0 Å². The second-order valence-electron chi connectivity index (χ2n) is 5.91. The number of para-hydroxylation sites is 1. The van der Waals surface area contributed by atoms with E-state index in [9.17, 15) is 14.9 Å². The Balaban J connectivity index is 1.83. The molecule has 0 amide bonds. The van der Waals surface area contributed by atoms with Crippen LogP contribution in [0.3, 0.4) is 0 Å². The number of nitro groups is 1. The molecule has 6 heteroatoms. The molecule has 2 atom stereocenters. The molecule has 0 N–H and O–H groups in total. The summed E-state index contributed by atoms with van der Waals surface area (Å²) in [6.07, 6.45) is 12.8. The standard InChI is InChI=1S/C19H23NO4Se/c1-24-19(21)14-5-3-2-4-9-15-10-8-13-17(15)25-18-12-7-6-11-16(18)20(22)23/h2,4,6-8,11-13,15,17H,3,5,9-10,14H2,1H3/b4-2-/t15-,17-/m1/s1. The molecule has 0 unspecified atom stereocenters. The molecule has 5 nitrogen and oxygen atoms in total. The number of carbonyl (C=O) groups excluding carboxylic acids is 1. The monoisotopic (exact) mass is 409 g/mol. The Kier molecular flexibility index (Phi) is 7.89. The molecule has 0 saturated heterocycles. The van der Waals surface area contributed by atoms with E-state index in [1.54, 1.807) is 12.1 Å². The molecule has 0 spiro atoms. The van der Waals surface area contributed by atoms with Crippen LogP contribution in [0.2, 0.25) is 4.82 Å². The molecule has 2 rings (SSSR count). The quantitative estimate of drug-likeness (QED) is 0.156. The molecule has 0 fully saturated rings. The third-order valence-corrected chi connectivity index (χ3v) is 7.10. The van der Waals surface area contributed by atoms with E-state index in [0.29, 0.717) is 17.2 Å². The summed E-state index contributed by atoms with van der Waals surface area (Å²) in [5, 5.41) is 11.2. The Labute approximate surface area is 154 Å². The van der Waals surface area contributed by atoms with Crippen LogP contribution in [0.5, 0.6) is 0 Å². The number of carbonyl (C=O) groups is 1. The molecule has 1 aromatic carbocycles. The minimum atomic E-state index is -0.286. The Hall–Kier alpha value is -1.91. The summed E-state index contributed by atoms with van der Waals surface area (Å²) in [5.74, 6) is 0.345. The molecule has 134 valence electrons. The number of nitro benzene ring substituents is 1. The number of esters is 1. The van der Waals surface area contributed by atoms with Crippen LogP contribution in [0.4, 0.5) is 5.69 Å². The van der Waals surface area contributed by atoms with Gasteiger partial charge in [-0.15, -0.1) is 0 Å². The molecule has 1 aliphatic rings. The molecule has 25 heavy (non-hydrogen) atoms. The van der Waals surface area contributed by atoms with Crippen molar-refractivity contribution in [1.82, 2.24) is 0 Å². The number of ether oxygens (including phenoxy) is 1. The third-order valence-electron chi connectivity index (χ3n) is 4.14. The molecule has 1 aliphatic carbocycles. The number of rotatable bonds is 9. The number of hydrogen-bond acceptors (Lipinski definition) is 4. The molecule has 1 aromatic rings. The van der Waals surface area contributed by atoms with Gasteiger partial charge in [0.05, 0.1) is 0 Å². The summed E-state index contributed by atoms with van der Waals surface area (Å²) in [4.78, 5) is 22.3. The van der Waals surface area contributed by atoms with Gasteiger partial charge in [0, 0.05) is 0 Å². The van der Waals surface area contributed by atoms with Crippen molar-refractivity contribution in [3.05, 3.63) is 58.7 Å². The normalized spacial score (nSPS) is 19.4. The van der Waals surface area contributed by atoms with Gasteiger partial charge in [-0.2, -0.15) is 0 Å². The number of unbranched alkanes of at least 4 members (excludes halogenated alkanes) is 1. The average Bonchev–Trinajstić information content (AvgIpc) is 3.05. The van der Waals surface area contributed by atoms with Crippen molar-refractivity contribution in [2.75, 3.05) is 7.11 Å². The molecule has 0 bridgehead atoms. The van der Waals surface area contributed by atoms with Crippen LogP contribution in [0.25, 0.3) is 0 Å². The molecule has 0 heterocycles. The van der Waals surface area contributed by atoms with Crippen LogP contribution < -0.4 is 4.46 Å². The van der Waals surface area contributed by atoms with Crippen LogP contribution in [-0.2, 0) is 9.53 Å². The Morgan fingerprint density at radius 2 is 2.20 bits per heavy atom. The van der Waals surface area contributed by atoms with Crippen LogP contribution in [0.1, 0.15) is 32.1 Å². The summed E-state index contributed by atoms with van der Waals surface area (Å²) in [5.41, 5.74) is 0.236. The van der Waals surface area contributed by atoms with Crippen molar-refractivity contribution in [2.45, 2.75) is 36.9 Å². The molecule has 0 radical (unpaired) electrons. The van der Waals surface area contributed by atoms with Gasteiger partial charge in [0.15, 0.2) is 0 Å². The van der Waals surface area contributed by atoms with Gasteiger partial charge >= 0.3 is 154 Å².